The molecule has 0 aromatic heterocycles. The summed E-state index contributed by atoms with van der Waals surface area (Å²) in [5, 5.41) is 13.0. The quantitative estimate of drug-likeness (QED) is 0.520. The van der Waals surface area contributed by atoms with Crippen molar-refractivity contribution < 1.29 is 29.0 Å². The number of aliphatic carboxylic acids is 1. The molecule has 0 bridgehead atoms. The fourth-order valence-corrected chi connectivity index (χ4v) is 1.76. The Morgan fingerprint density at radius 2 is 1.84 bits per heavy atom. The summed E-state index contributed by atoms with van der Waals surface area (Å²) in [6, 6.07) is 6.78. The highest BCUT2D eigenvalue weighted by atomic mass is 16.5. The summed E-state index contributed by atoms with van der Waals surface area (Å²) in [5.41, 5.74) is 6.05. The molecular weight excluding hydrogens is 330 g/mol. The van der Waals surface area contributed by atoms with Gasteiger partial charge in [0.05, 0.1) is 0 Å². The predicted molar refractivity (Wildman–Crippen MR) is 87.2 cm³/mol. The standard InChI is InChI=1S/C16H21N3O6/c1-10(18-13(20)8-7-12(17)15(22)23)14(21)19-16(24)25-9-11-5-3-2-4-6-11/h2-6,10,12H,7-9,17H2,1H3,(H,18,20)(H,22,23)(H,19,21,24)/t10?,12-/m1/s1. The molecule has 0 fully saturated rings. The van der Waals surface area contributed by atoms with Crippen LogP contribution in [0, 0.1) is 0 Å². The third-order valence-electron chi connectivity index (χ3n) is 3.21. The summed E-state index contributed by atoms with van der Waals surface area (Å²) in [4.78, 5) is 45.5. The van der Waals surface area contributed by atoms with Crippen molar-refractivity contribution in [3.63, 3.8) is 0 Å². The van der Waals surface area contributed by atoms with E-state index in [2.05, 4.69) is 5.32 Å². The lowest BCUT2D eigenvalue weighted by Gasteiger charge is -2.14. The molecule has 1 unspecified atom stereocenters. The summed E-state index contributed by atoms with van der Waals surface area (Å²) in [7, 11) is 0. The van der Waals surface area contributed by atoms with Gasteiger partial charge in [-0.1, -0.05) is 30.3 Å². The van der Waals surface area contributed by atoms with Gasteiger partial charge in [0, 0.05) is 6.42 Å². The summed E-state index contributed by atoms with van der Waals surface area (Å²) >= 11 is 0. The highest BCUT2D eigenvalue weighted by Crippen LogP contribution is 2.00. The number of hydrogen-bond donors (Lipinski definition) is 4. The Hall–Kier alpha value is -2.94. The topological polar surface area (TPSA) is 148 Å². The van der Waals surface area contributed by atoms with Gasteiger partial charge in [0.25, 0.3) is 5.91 Å². The van der Waals surface area contributed by atoms with E-state index in [4.69, 9.17) is 15.6 Å². The van der Waals surface area contributed by atoms with E-state index in [1.54, 1.807) is 24.3 Å². The van der Waals surface area contributed by atoms with E-state index in [9.17, 15) is 19.2 Å². The molecule has 0 aliphatic carbocycles. The zero-order chi connectivity index (χ0) is 18.8. The number of carboxylic acids is 1. The Balaban J connectivity index is 2.31. The number of nitrogens with one attached hydrogen (secondary N) is 2. The fourth-order valence-electron chi connectivity index (χ4n) is 1.76. The number of amides is 3. The smallest absolute Gasteiger partial charge is 0.414 e. The second-order valence-corrected chi connectivity index (χ2v) is 5.32. The molecule has 0 radical (unpaired) electrons. The van der Waals surface area contributed by atoms with Crippen LogP contribution in [0.1, 0.15) is 25.3 Å². The molecule has 1 aromatic rings. The molecule has 0 aliphatic rings. The molecule has 0 spiro atoms. The van der Waals surface area contributed by atoms with Gasteiger partial charge in [-0.05, 0) is 18.9 Å². The van der Waals surface area contributed by atoms with Crippen LogP contribution in [0.4, 0.5) is 4.79 Å². The first-order chi connectivity index (χ1) is 11.8. The van der Waals surface area contributed by atoms with Crippen molar-refractivity contribution in [1.82, 2.24) is 10.6 Å². The molecular formula is C16H21N3O6. The van der Waals surface area contributed by atoms with Gasteiger partial charge in [-0.15, -0.1) is 0 Å². The van der Waals surface area contributed by atoms with Crippen molar-refractivity contribution in [2.24, 2.45) is 5.73 Å². The van der Waals surface area contributed by atoms with E-state index in [0.717, 1.165) is 5.56 Å². The zero-order valence-corrected chi connectivity index (χ0v) is 13.7. The Morgan fingerprint density at radius 3 is 2.44 bits per heavy atom. The van der Waals surface area contributed by atoms with Crippen molar-refractivity contribution in [1.29, 1.82) is 0 Å². The van der Waals surface area contributed by atoms with Crippen LogP contribution in [0.5, 0.6) is 0 Å². The van der Waals surface area contributed by atoms with Gasteiger partial charge in [0.15, 0.2) is 0 Å². The largest absolute Gasteiger partial charge is 0.480 e. The lowest BCUT2D eigenvalue weighted by atomic mass is 10.1. The third kappa shape index (κ3) is 7.93. The van der Waals surface area contributed by atoms with E-state index in [1.165, 1.54) is 6.92 Å². The lowest BCUT2D eigenvalue weighted by molar-refractivity contribution is -0.138. The molecule has 1 rings (SSSR count). The number of benzene rings is 1. The summed E-state index contributed by atoms with van der Waals surface area (Å²) in [5.74, 6) is -2.49. The number of alkyl carbamates (subject to hydrolysis) is 1. The third-order valence-corrected chi connectivity index (χ3v) is 3.21. The molecule has 0 aliphatic heterocycles. The summed E-state index contributed by atoms with van der Waals surface area (Å²) in [6.45, 7) is 1.39. The number of hydrogen-bond acceptors (Lipinski definition) is 6. The number of carbonyl (C=O) groups is 4. The average Bonchev–Trinajstić information content (AvgIpc) is 2.58. The van der Waals surface area contributed by atoms with Gasteiger partial charge in [0.2, 0.25) is 5.91 Å². The summed E-state index contributed by atoms with van der Waals surface area (Å²) in [6.07, 6.45) is -1.14. The minimum Gasteiger partial charge on any atom is -0.480 e. The van der Waals surface area contributed by atoms with Crippen LogP contribution < -0.4 is 16.4 Å². The fraction of sp³-hybridized carbons (Fsp3) is 0.375. The Morgan fingerprint density at radius 1 is 1.20 bits per heavy atom. The number of carboxylic acid groups (broad SMARTS) is 1. The van der Waals surface area contributed by atoms with Gasteiger partial charge in [0.1, 0.15) is 18.7 Å². The molecule has 3 amide bonds. The molecule has 0 heterocycles. The van der Waals surface area contributed by atoms with E-state index < -0.39 is 36.0 Å². The van der Waals surface area contributed by atoms with Gasteiger partial charge in [-0.2, -0.15) is 0 Å². The Kier molecular flexibility index (Phi) is 8.07. The van der Waals surface area contributed by atoms with Crippen LogP contribution in [-0.2, 0) is 25.7 Å². The second-order valence-electron chi connectivity index (χ2n) is 5.32. The van der Waals surface area contributed by atoms with Crippen molar-refractivity contribution >= 4 is 23.9 Å². The monoisotopic (exact) mass is 351 g/mol. The molecule has 5 N–H and O–H groups in total. The van der Waals surface area contributed by atoms with Crippen LogP contribution in [0.3, 0.4) is 0 Å². The maximum atomic E-state index is 11.8. The lowest BCUT2D eigenvalue weighted by Crippen LogP contribution is -2.47. The van der Waals surface area contributed by atoms with Gasteiger partial charge in [-0.25, -0.2) is 4.79 Å². The number of imide groups is 1. The van der Waals surface area contributed by atoms with Crippen molar-refractivity contribution in [2.45, 2.75) is 38.5 Å². The second kappa shape index (κ2) is 10.0. The first-order valence-corrected chi connectivity index (χ1v) is 7.59. The van der Waals surface area contributed by atoms with E-state index >= 15 is 0 Å². The zero-order valence-electron chi connectivity index (χ0n) is 13.7. The van der Waals surface area contributed by atoms with E-state index in [-0.39, 0.29) is 19.4 Å². The molecule has 1 aromatic carbocycles. The molecule has 9 heteroatoms. The Bertz CT molecular complexity index is 620. The maximum absolute atomic E-state index is 11.8. The average molecular weight is 351 g/mol. The minimum atomic E-state index is -1.21. The van der Waals surface area contributed by atoms with Crippen LogP contribution in [0.25, 0.3) is 0 Å². The Labute approximate surface area is 144 Å². The molecule has 9 nitrogen and oxygen atoms in total. The molecule has 136 valence electrons. The number of nitrogens with two attached hydrogens (primary N) is 1. The van der Waals surface area contributed by atoms with Gasteiger partial charge >= 0.3 is 12.1 Å². The first-order valence-electron chi connectivity index (χ1n) is 7.59. The molecule has 0 saturated heterocycles. The normalized spacial score (nSPS) is 12.6. The van der Waals surface area contributed by atoms with Crippen LogP contribution in [-0.4, -0.2) is 41.1 Å². The summed E-state index contributed by atoms with van der Waals surface area (Å²) < 4.78 is 4.89. The predicted octanol–water partition coefficient (Wildman–Crippen LogP) is 0.136. The van der Waals surface area contributed by atoms with Crippen molar-refractivity contribution in [3.05, 3.63) is 35.9 Å². The molecule has 25 heavy (non-hydrogen) atoms. The number of ether oxygens (including phenoxy) is 1. The van der Waals surface area contributed by atoms with Crippen LogP contribution in [0.15, 0.2) is 30.3 Å². The van der Waals surface area contributed by atoms with Crippen molar-refractivity contribution in [2.75, 3.05) is 0 Å². The molecule has 0 saturated carbocycles. The van der Waals surface area contributed by atoms with E-state index in [1.807, 2.05) is 11.4 Å². The highest BCUT2D eigenvalue weighted by molar-refractivity contribution is 5.96. The van der Waals surface area contributed by atoms with Crippen LogP contribution in [0.2, 0.25) is 0 Å². The number of rotatable bonds is 8. The van der Waals surface area contributed by atoms with E-state index in [0.29, 0.717) is 0 Å². The van der Waals surface area contributed by atoms with Crippen molar-refractivity contribution in [3.8, 4) is 0 Å². The van der Waals surface area contributed by atoms with Crippen LogP contribution >= 0.6 is 0 Å². The van der Waals surface area contributed by atoms with Gasteiger partial charge in [-0.3, -0.25) is 19.7 Å². The highest BCUT2D eigenvalue weighted by Gasteiger charge is 2.20. The first kappa shape index (κ1) is 20.1. The SMILES string of the molecule is CC(NC(=O)CC[C@@H](N)C(=O)O)C(=O)NC(=O)OCc1ccccc1. The van der Waals surface area contributed by atoms with Gasteiger partial charge < -0.3 is 20.9 Å². The molecule has 2 atom stereocenters. The number of carbonyl (C=O) groups excluding carboxylic acids is 3. The minimum absolute atomic E-state index is 0.00771. The maximum Gasteiger partial charge on any atom is 0.414 e.